The number of fused-ring (bicyclic) bond motifs is 2. The molecule has 0 spiro atoms. The first-order valence-corrected chi connectivity index (χ1v) is 5.38. The average molecular weight is 225 g/mol. The quantitative estimate of drug-likeness (QED) is 0.597. The zero-order valence-corrected chi connectivity index (χ0v) is 9.34. The molecule has 17 heavy (non-hydrogen) atoms. The highest BCUT2D eigenvalue weighted by Gasteiger charge is 2.12. The van der Waals surface area contributed by atoms with Gasteiger partial charge < -0.3 is 9.67 Å². The van der Waals surface area contributed by atoms with Crippen LogP contribution >= 0.6 is 0 Å². The monoisotopic (exact) mass is 225 g/mol. The lowest BCUT2D eigenvalue weighted by molar-refractivity contribution is 0.476. The maximum Gasteiger partial charge on any atom is 0.184 e. The first kappa shape index (κ1) is 9.90. The number of nitrogens with zero attached hydrogens (tertiary/aromatic N) is 1. The van der Waals surface area contributed by atoms with Crippen molar-refractivity contribution in [1.82, 2.24) is 4.57 Å². The fraction of sp³-hybridized carbons (Fsp3) is 0.0714. The Bertz CT molecular complexity index is 743. The van der Waals surface area contributed by atoms with Crippen molar-refractivity contribution in [3.63, 3.8) is 0 Å². The molecular formula is C14H11NO2. The highest BCUT2D eigenvalue weighted by molar-refractivity contribution is 5.88. The van der Waals surface area contributed by atoms with Crippen LogP contribution in [0.15, 0.2) is 47.3 Å². The molecule has 0 atom stereocenters. The summed E-state index contributed by atoms with van der Waals surface area (Å²) in [5, 5.41) is 10.9. The Balaban J connectivity index is 2.59. The van der Waals surface area contributed by atoms with E-state index in [-0.39, 0.29) is 11.2 Å². The molecule has 0 amide bonds. The molecular weight excluding hydrogens is 214 g/mol. The van der Waals surface area contributed by atoms with Crippen molar-refractivity contribution in [1.29, 1.82) is 0 Å². The summed E-state index contributed by atoms with van der Waals surface area (Å²) in [6, 6.07) is 12.6. The number of para-hydroxylation sites is 1. The summed E-state index contributed by atoms with van der Waals surface area (Å²) >= 11 is 0. The van der Waals surface area contributed by atoms with Crippen LogP contribution in [-0.2, 0) is 7.05 Å². The van der Waals surface area contributed by atoms with Gasteiger partial charge in [0.15, 0.2) is 5.43 Å². The number of aromatic nitrogens is 1. The lowest BCUT2D eigenvalue weighted by Crippen LogP contribution is -2.06. The molecule has 84 valence electrons. The number of phenols is 1. The van der Waals surface area contributed by atoms with E-state index in [2.05, 4.69) is 0 Å². The Labute approximate surface area is 97.9 Å². The smallest absolute Gasteiger partial charge is 0.184 e. The highest BCUT2D eigenvalue weighted by atomic mass is 16.3. The Morgan fingerprint density at radius 2 is 1.88 bits per heavy atom. The summed E-state index contributed by atoms with van der Waals surface area (Å²) in [5.74, 6) is 0.0360. The van der Waals surface area contributed by atoms with Crippen molar-refractivity contribution in [2.24, 2.45) is 7.05 Å². The second-order valence-electron chi connectivity index (χ2n) is 4.14. The summed E-state index contributed by atoms with van der Waals surface area (Å²) in [6.45, 7) is 0. The van der Waals surface area contributed by atoms with E-state index >= 15 is 0 Å². The third kappa shape index (κ3) is 1.40. The Morgan fingerprint density at radius 1 is 1.12 bits per heavy atom. The first-order valence-electron chi connectivity index (χ1n) is 5.38. The minimum Gasteiger partial charge on any atom is -0.507 e. The normalized spacial score (nSPS) is 11.1. The van der Waals surface area contributed by atoms with Gasteiger partial charge >= 0.3 is 0 Å². The van der Waals surface area contributed by atoms with E-state index in [4.69, 9.17) is 0 Å². The van der Waals surface area contributed by atoms with Gasteiger partial charge in [0.25, 0.3) is 0 Å². The van der Waals surface area contributed by atoms with Crippen molar-refractivity contribution < 1.29 is 5.11 Å². The minimum atomic E-state index is -0.180. The van der Waals surface area contributed by atoms with Crippen molar-refractivity contribution in [2.45, 2.75) is 0 Å². The molecule has 1 aliphatic heterocycles. The fourth-order valence-electron chi connectivity index (χ4n) is 2.22. The maximum atomic E-state index is 11.4. The van der Waals surface area contributed by atoms with Gasteiger partial charge in [0.1, 0.15) is 5.75 Å². The van der Waals surface area contributed by atoms with Gasteiger partial charge in [-0.15, -0.1) is 0 Å². The Hall–Kier alpha value is -2.29. The van der Waals surface area contributed by atoms with E-state index in [9.17, 15) is 9.90 Å². The third-order valence-corrected chi connectivity index (χ3v) is 3.07. The van der Waals surface area contributed by atoms with Crippen LogP contribution in [0, 0.1) is 0 Å². The average Bonchev–Trinajstić information content (AvgIpc) is 2.31. The summed E-state index contributed by atoms with van der Waals surface area (Å²) in [4.78, 5) is 11.4. The predicted molar refractivity (Wildman–Crippen MR) is 67.5 cm³/mol. The molecule has 3 heteroatoms. The fourth-order valence-corrected chi connectivity index (χ4v) is 2.22. The van der Waals surface area contributed by atoms with Gasteiger partial charge in [0, 0.05) is 30.3 Å². The van der Waals surface area contributed by atoms with Crippen LogP contribution < -0.4 is 5.43 Å². The van der Waals surface area contributed by atoms with Crippen LogP contribution in [0.2, 0.25) is 0 Å². The van der Waals surface area contributed by atoms with Crippen LogP contribution in [0.1, 0.15) is 0 Å². The molecule has 1 heterocycles. The van der Waals surface area contributed by atoms with Gasteiger partial charge in [0.2, 0.25) is 0 Å². The van der Waals surface area contributed by atoms with E-state index in [0.29, 0.717) is 5.56 Å². The molecule has 1 aromatic carbocycles. The number of rotatable bonds is 0. The molecule has 0 fully saturated rings. The van der Waals surface area contributed by atoms with E-state index < -0.39 is 0 Å². The number of phenolic OH excluding ortho intramolecular Hbond substituents is 1. The van der Waals surface area contributed by atoms with Crippen LogP contribution in [0.25, 0.3) is 22.2 Å². The molecule has 1 aliphatic carbocycles. The summed E-state index contributed by atoms with van der Waals surface area (Å²) < 4.78 is 1.92. The van der Waals surface area contributed by atoms with Crippen LogP contribution in [0.3, 0.4) is 0 Å². The van der Waals surface area contributed by atoms with Crippen molar-refractivity contribution in [3.8, 4) is 17.0 Å². The van der Waals surface area contributed by atoms with Gasteiger partial charge in [-0.3, -0.25) is 4.79 Å². The third-order valence-electron chi connectivity index (χ3n) is 3.07. The van der Waals surface area contributed by atoms with Gasteiger partial charge in [-0.25, -0.2) is 0 Å². The summed E-state index contributed by atoms with van der Waals surface area (Å²) in [5.41, 5.74) is 2.30. The molecule has 0 radical (unpaired) electrons. The van der Waals surface area contributed by atoms with Gasteiger partial charge in [-0.05, 0) is 17.5 Å². The van der Waals surface area contributed by atoms with Crippen molar-refractivity contribution in [2.75, 3.05) is 0 Å². The number of aryl methyl sites for hydroxylation is 1. The highest BCUT2D eigenvalue weighted by Crippen LogP contribution is 2.32. The number of aromatic hydroxyl groups is 1. The SMILES string of the molecule is Cn1c2cc(=O)cc(O)c-2cc2ccccc21. The van der Waals surface area contributed by atoms with Crippen LogP contribution in [0.4, 0.5) is 0 Å². The molecule has 1 N–H and O–H groups in total. The largest absolute Gasteiger partial charge is 0.507 e. The van der Waals surface area contributed by atoms with E-state index in [0.717, 1.165) is 16.6 Å². The lowest BCUT2D eigenvalue weighted by Gasteiger charge is -2.15. The summed E-state index contributed by atoms with van der Waals surface area (Å²) in [7, 11) is 1.89. The number of hydrogen-bond acceptors (Lipinski definition) is 2. The molecule has 3 nitrogen and oxygen atoms in total. The molecule has 0 aromatic heterocycles. The molecule has 0 unspecified atom stereocenters. The van der Waals surface area contributed by atoms with Gasteiger partial charge in [-0.1, -0.05) is 18.2 Å². The zero-order chi connectivity index (χ0) is 12.0. The number of hydrogen-bond donors (Lipinski definition) is 1. The second-order valence-corrected chi connectivity index (χ2v) is 4.14. The summed E-state index contributed by atoms with van der Waals surface area (Å²) in [6.07, 6.45) is 0. The van der Waals surface area contributed by atoms with Crippen molar-refractivity contribution in [3.05, 3.63) is 52.7 Å². The van der Waals surface area contributed by atoms with Crippen LogP contribution in [-0.4, -0.2) is 9.67 Å². The standard InChI is InChI=1S/C14H11NO2/c1-15-12-5-3-2-4-9(12)6-11-13(15)7-10(16)8-14(11)17/h2-8,17H,1H3. The molecule has 0 saturated heterocycles. The number of pyridine rings is 1. The molecule has 1 aromatic rings. The van der Waals surface area contributed by atoms with Gasteiger partial charge in [0.05, 0.1) is 5.69 Å². The van der Waals surface area contributed by atoms with Gasteiger partial charge in [-0.2, -0.15) is 0 Å². The van der Waals surface area contributed by atoms with E-state index in [1.807, 2.05) is 41.9 Å². The maximum absolute atomic E-state index is 11.4. The minimum absolute atomic E-state index is 0.0360. The second kappa shape index (κ2) is 3.35. The number of benzene rings is 2. The molecule has 2 aliphatic rings. The molecule has 3 rings (SSSR count). The lowest BCUT2D eigenvalue weighted by atomic mass is 10.0. The van der Waals surface area contributed by atoms with Crippen LogP contribution in [0.5, 0.6) is 5.75 Å². The first-order chi connectivity index (χ1) is 8.16. The van der Waals surface area contributed by atoms with E-state index in [1.165, 1.54) is 6.07 Å². The zero-order valence-electron chi connectivity index (χ0n) is 9.34. The topological polar surface area (TPSA) is 42.2 Å². The Kier molecular flexibility index (Phi) is 1.95. The molecule has 0 saturated carbocycles. The Morgan fingerprint density at radius 3 is 2.71 bits per heavy atom. The van der Waals surface area contributed by atoms with Crippen molar-refractivity contribution >= 4 is 10.9 Å². The molecule has 0 bridgehead atoms. The predicted octanol–water partition coefficient (Wildman–Crippen LogP) is 2.35. The van der Waals surface area contributed by atoms with E-state index in [1.54, 1.807) is 6.07 Å².